The van der Waals surface area contributed by atoms with Gasteiger partial charge in [0.2, 0.25) is 11.8 Å². The summed E-state index contributed by atoms with van der Waals surface area (Å²) in [4.78, 5) is 39.8. The first kappa shape index (κ1) is 29.5. The van der Waals surface area contributed by atoms with Gasteiger partial charge in [-0.25, -0.2) is 4.79 Å². The lowest BCUT2D eigenvalue weighted by atomic mass is 9.59. The van der Waals surface area contributed by atoms with E-state index in [0.717, 1.165) is 5.56 Å². The fourth-order valence-corrected chi connectivity index (χ4v) is 7.02. The van der Waals surface area contributed by atoms with Gasteiger partial charge in [-0.1, -0.05) is 68.9 Å². The average molecular weight is 701 g/mol. The number of fused-ring (bicyclic) bond motifs is 2. The fourth-order valence-electron chi connectivity index (χ4n) is 6.05. The van der Waals surface area contributed by atoms with Gasteiger partial charge >= 0.3 is 5.97 Å². The SMILES string of the molecule is COC(=O)c1ccc(Oc2ccc(Br)cc2[C@H]2NC(=O)C[C@@H](c3cccc(Cl)c3)C23C(=O)Nc2cc(Cl)ccc23)c(Cl)c1. The molecule has 7 nitrogen and oxygen atoms in total. The summed E-state index contributed by atoms with van der Waals surface area (Å²) < 4.78 is 11.8. The molecule has 2 amide bonds. The Labute approximate surface area is 270 Å². The van der Waals surface area contributed by atoms with Crippen LogP contribution < -0.4 is 15.4 Å². The standard InChI is InChI=1S/C32H22BrCl3N2O5/c1-42-30(40)17-5-9-27(24(36)12-17)43-26-10-6-18(33)13-21(26)29-32(22-8-7-20(35)14-25(22)37-31(32)41)23(15-28(39)38-29)16-3-2-4-19(34)11-16/h2-14,23,29H,15H2,1H3,(H,37,41)(H,38,39)/t23-,29+,32?/m0/s1. The molecule has 1 unspecified atom stereocenters. The number of anilines is 1. The van der Waals surface area contributed by atoms with Crippen LogP contribution in [0.5, 0.6) is 11.5 Å². The highest BCUT2D eigenvalue weighted by Gasteiger charge is 2.61. The smallest absolute Gasteiger partial charge is 0.337 e. The van der Waals surface area contributed by atoms with E-state index in [1.54, 1.807) is 54.6 Å². The average Bonchev–Trinajstić information content (AvgIpc) is 3.26. The minimum absolute atomic E-state index is 0.0390. The summed E-state index contributed by atoms with van der Waals surface area (Å²) in [6.07, 6.45) is 0.0390. The van der Waals surface area contributed by atoms with Crippen LogP contribution in [0.15, 0.2) is 83.3 Å². The van der Waals surface area contributed by atoms with Gasteiger partial charge in [0, 0.05) is 38.1 Å². The first-order valence-corrected chi connectivity index (χ1v) is 15.1. The fraction of sp³-hybridized carbons (Fsp3) is 0.156. The van der Waals surface area contributed by atoms with Crippen molar-refractivity contribution in [2.24, 2.45) is 0 Å². The van der Waals surface area contributed by atoms with E-state index in [1.807, 2.05) is 12.1 Å². The summed E-state index contributed by atoms with van der Waals surface area (Å²) in [6.45, 7) is 0. The number of methoxy groups -OCH3 is 1. The summed E-state index contributed by atoms with van der Waals surface area (Å²) in [7, 11) is 1.28. The predicted molar refractivity (Wildman–Crippen MR) is 168 cm³/mol. The zero-order valence-electron chi connectivity index (χ0n) is 22.4. The third kappa shape index (κ3) is 5.16. The summed E-state index contributed by atoms with van der Waals surface area (Å²) in [6, 6.07) is 21.4. The van der Waals surface area contributed by atoms with Crippen molar-refractivity contribution in [1.82, 2.24) is 5.32 Å². The molecular formula is C32H22BrCl3N2O5. The molecule has 6 rings (SSSR count). The van der Waals surface area contributed by atoms with E-state index in [0.29, 0.717) is 37.1 Å². The van der Waals surface area contributed by atoms with Crippen molar-refractivity contribution in [3.05, 3.63) is 121 Å². The van der Waals surface area contributed by atoms with Crippen LogP contribution >= 0.6 is 50.7 Å². The number of carbonyl (C=O) groups is 3. The number of esters is 1. The second kappa shape index (κ2) is 11.5. The Hall–Kier alpha value is -3.56. The monoisotopic (exact) mass is 698 g/mol. The molecule has 2 N–H and O–H groups in total. The van der Waals surface area contributed by atoms with E-state index in [2.05, 4.69) is 26.6 Å². The van der Waals surface area contributed by atoms with Crippen LogP contribution in [-0.4, -0.2) is 24.9 Å². The molecule has 1 saturated heterocycles. The zero-order valence-corrected chi connectivity index (χ0v) is 26.3. The maximum atomic E-state index is 14.4. The Morgan fingerprint density at radius 1 is 0.930 bits per heavy atom. The molecule has 218 valence electrons. The van der Waals surface area contributed by atoms with E-state index in [-0.39, 0.29) is 34.6 Å². The summed E-state index contributed by atoms with van der Waals surface area (Å²) in [5.74, 6) is -1.07. The molecule has 0 radical (unpaired) electrons. The molecule has 4 aromatic rings. The molecule has 11 heteroatoms. The number of nitrogens with one attached hydrogen (secondary N) is 2. The minimum atomic E-state index is -1.31. The third-order valence-corrected chi connectivity index (χ3v) is 9.12. The molecule has 0 saturated carbocycles. The van der Waals surface area contributed by atoms with Gasteiger partial charge in [0.25, 0.3) is 0 Å². The van der Waals surface area contributed by atoms with Crippen molar-refractivity contribution in [2.75, 3.05) is 12.4 Å². The first-order valence-electron chi connectivity index (χ1n) is 13.1. The second-order valence-electron chi connectivity index (χ2n) is 10.2. The molecule has 0 aromatic heterocycles. The molecular weight excluding hydrogens is 679 g/mol. The number of amides is 2. The topological polar surface area (TPSA) is 93.7 Å². The lowest BCUT2D eigenvalue weighted by Crippen LogP contribution is -2.56. The highest BCUT2D eigenvalue weighted by atomic mass is 79.9. The predicted octanol–water partition coefficient (Wildman–Crippen LogP) is 8.22. The van der Waals surface area contributed by atoms with E-state index >= 15 is 0 Å². The van der Waals surface area contributed by atoms with Crippen molar-refractivity contribution in [3.63, 3.8) is 0 Å². The van der Waals surface area contributed by atoms with Gasteiger partial charge in [0.05, 0.1) is 23.7 Å². The molecule has 2 heterocycles. The van der Waals surface area contributed by atoms with E-state index in [1.165, 1.54) is 19.2 Å². The van der Waals surface area contributed by atoms with Gasteiger partial charge in [-0.15, -0.1) is 0 Å². The van der Waals surface area contributed by atoms with Crippen LogP contribution in [-0.2, 0) is 19.7 Å². The van der Waals surface area contributed by atoms with Gasteiger partial charge in [0.15, 0.2) is 0 Å². The van der Waals surface area contributed by atoms with Crippen LogP contribution in [0, 0.1) is 0 Å². The summed E-state index contributed by atoms with van der Waals surface area (Å²) in [5, 5.41) is 7.25. The van der Waals surface area contributed by atoms with Gasteiger partial charge in [0.1, 0.15) is 16.9 Å². The Bertz CT molecular complexity index is 1820. The van der Waals surface area contributed by atoms with Crippen LogP contribution in [0.1, 0.15) is 45.4 Å². The van der Waals surface area contributed by atoms with Gasteiger partial charge in [-0.3, -0.25) is 9.59 Å². The molecule has 1 spiro atoms. The number of hydrogen-bond acceptors (Lipinski definition) is 5. The molecule has 3 atom stereocenters. The van der Waals surface area contributed by atoms with Crippen molar-refractivity contribution in [2.45, 2.75) is 23.8 Å². The second-order valence-corrected chi connectivity index (χ2v) is 12.4. The Morgan fingerprint density at radius 3 is 2.44 bits per heavy atom. The van der Waals surface area contributed by atoms with Crippen LogP contribution in [0.4, 0.5) is 5.69 Å². The number of piperidine rings is 1. The van der Waals surface area contributed by atoms with E-state index in [4.69, 9.17) is 44.3 Å². The van der Waals surface area contributed by atoms with E-state index < -0.39 is 23.3 Å². The number of ether oxygens (including phenoxy) is 2. The van der Waals surface area contributed by atoms with Crippen LogP contribution in [0.3, 0.4) is 0 Å². The van der Waals surface area contributed by atoms with Gasteiger partial charge in [-0.05, 0) is 71.8 Å². The largest absolute Gasteiger partial charge is 0.465 e. The zero-order chi connectivity index (χ0) is 30.5. The molecule has 1 fully saturated rings. The Kier molecular flexibility index (Phi) is 7.89. The molecule has 0 bridgehead atoms. The van der Waals surface area contributed by atoms with Gasteiger partial charge < -0.3 is 20.1 Å². The quantitative estimate of drug-likeness (QED) is 0.205. The number of hydrogen-bond donors (Lipinski definition) is 2. The molecule has 2 aliphatic rings. The van der Waals surface area contributed by atoms with Crippen LogP contribution in [0.25, 0.3) is 0 Å². The van der Waals surface area contributed by atoms with Crippen molar-refractivity contribution in [3.8, 4) is 11.5 Å². The number of rotatable bonds is 5. The van der Waals surface area contributed by atoms with Crippen LogP contribution in [0.2, 0.25) is 15.1 Å². The molecule has 0 aliphatic carbocycles. The Balaban J connectivity index is 1.55. The molecule has 2 aliphatic heterocycles. The maximum absolute atomic E-state index is 14.4. The van der Waals surface area contributed by atoms with E-state index in [9.17, 15) is 14.4 Å². The minimum Gasteiger partial charge on any atom is -0.465 e. The summed E-state index contributed by atoms with van der Waals surface area (Å²) >= 11 is 22.8. The van der Waals surface area contributed by atoms with Gasteiger partial charge in [-0.2, -0.15) is 0 Å². The number of carbonyl (C=O) groups excluding carboxylic acids is 3. The number of benzene rings is 4. The highest BCUT2D eigenvalue weighted by molar-refractivity contribution is 9.10. The van der Waals surface area contributed by atoms with Crippen molar-refractivity contribution >= 4 is 74.2 Å². The Morgan fingerprint density at radius 2 is 1.70 bits per heavy atom. The normalized spacial score (nSPS) is 20.8. The lowest BCUT2D eigenvalue weighted by molar-refractivity contribution is -0.131. The lowest BCUT2D eigenvalue weighted by Gasteiger charge is -2.46. The van der Waals surface area contributed by atoms with Crippen molar-refractivity contribution < 1.29 is 23.9 Å². The first-order chi connectivity index (χ1) is 20.6. The highest BCUT2D eigenvalue weighted by Crippen LogP contribution is 2.59. The number of halogens is 4. The summed E-state index contributed by atoms with van der Waals surface area (Å²) in [5.41, 5.74) is 1.46. The van der Waals surface area contributed by atoms with Crippen molar-refractivity contribution in [1.29, 1.82) is 0 Å². The molecule has 43 heavy (non-hydrogen) atoms. The molecule has 4 aromatic carbocycles. The third-order valence-electron chi connectivity index (χ3n) is 7.86. The maximum Gasteiger partial charge on any atom is 0.337 e.